The van der Waals surface area contributed by atoms with Crippen molar-refractivity contribution < 1.29 is 111 Å². The van der Waals surface area contributed by atoms with Gasteiger partial charge >= 0.3 is 17.9 Å². The number of primary amides is 1. The molecule has 6 aromatic rings. The zero-order valence-corrected chi connectivity index (χ0v) is 78.5. The third-order valence-electron chi connectivity index (χ3n) is 24.6. The normalized spacial score (nSPS) is 24.0. The number of likely N-dealkylation sites (N-methyl/N-ethyl adjacent to an activating group) is 3. The number of amides is 16. The maximum atomic E-state index is 15.8. The number of nitrogens with one attached hydrogen (secondary N) is 13. The van der Waals surface area contributed by atoms with Gasteiger partial charge in [0.25, 0.3) is 0 Å². The van der Waals surface area contributed by atoms with E-state index in [1.165, 1.54) is 52.6 Å². The number of aromatic amines is 3. The summed E-state index contributed by atoms with van der Waals surface area (Å²) in [5.74, 6) is -21.0. The van der Waals surface area contributed by atoms with Crippen LogP contribution in [0.15, 0.2) is 97.7 Å². The molecule has 44 nitrogen and oxygen atoms in total. The van der Waals surface area contributed by atoms with Crippen LogP contribution in [0.4, 0.5) is 0 Å². The number of carboxylic acids is 3. The van der Waals surface area contributed by atoms with E-state index in [4.69, 9.17) is 16.2 Å². The number of fused-ring (bicyclic) bond motifs is 4. The minimum Gasteiger partial charge on any atom is -0.497 e. The fourth-order valence-electron chi connectivity index (χ4n) is 16.9. The Morgan fingerprint density at radius 1 is 0.496 bits per heavy atom. The van der Waals surface area contributed by atoms with Crippen molar-refractivity contribution in [3.63, 3.8) is 0 Å². The van der Waals surface area contributed by atoms with Gasteiger partial charge < -0.3 is 124 Å². The van der Waals surface area contributed by atoms with Crippen LogP contribution >= 0.6 is 11.8 Å². The molecular weight excluding hydrogens is 1800 g/mol. The number of thioether (sulfide) groups is 1. The largest absolute Gasteiger partial charge is 0.497 e. The summed E-state index contributed by atoms with van der Waals surface area (Å²) in [5.41, 5.74) is 14.3. The van der Waals surface area contributed by atoms with Crippen LogP contribution in [0.3, 0.4) is 0 Å². The van der Waals surface area contributed by atoms with Crippen LogP contribution in [0.25, 0.3) is 21.8 Å². The van der Waals surface area contributed by atoms with Crippen LogP contribution in [-0.2, 0) is 117 Å². The first kappa shape index (κ1) is 107. The predicted octanol–water partition coefficient (Wildman–Crippen LogP) is -0.830. The van der Waals surface area contributed by atoms with Crippen molar-refractivity contribution in [2.45, 2.75) is 240 Å². The van der Waals surface area contributed by atoms with Crippen LogP contribution in [0.1, 0.15) is 152 Å². The first-order valence-electron chi connectivity index (χ1n) is 45.8. The summed E-state index contributed by atoms with van der Waals surface area (Å²) in [6.07, 6.45) is 3.11. The highest BCUT2D eigenvalue weighted by atomic mass is 32.2. The molecule has 0 radical (unpaired) electrons. The number of imidazole rings is 1. The molecule has 45 heteroatoms. The number of unbranched alkanes of at least 4 members (excludes halogenated alkanes) is 3. The second-order valence-electron chi connectivity index (χ2n) is 34.4. The molecule has 0 aliphatic carbocycles. The molecule has 9 rings (SSSR count). The number of hydrogen-bond donors (Lipinski definition) is 18. The van der Waals surface area contributed by atoms with Crippen LogP contribution in [-0.4, -0.2) is 323 Å². The third-order valence-corrected chi connectivity index (χ3v) is 25.6. The van der Waals surface area contributed by atoms with Gasteiger partial charge in [0, 0.05) is 118 Å². The maximum Gasteiger partial charge on any atom is 0.305 e. The lowest BCUT2D eigenvalue weighted by molar-refractivity contribution is -0.149. The molecule has 3 aliphatic heterocycles. The van der Waals surface area contributed by atoms with E-state index < -0.39 is 241 Å². The van der Waals surface area contributed by atoms with Crippen molar-refractivity contribution in [1.29, 1.82) is 0 Å². The summed E-state index contributed by atoms with van der Waals surface area (Å²) in [5, 5.41) is 58.1. The number of ether oxygens (including phenoxy) is 1. The number of methoxy groups -OCH3 is 1. The van der Waals surface area contributed by atoms with E-state index in [9.17, 15) is 68.1 Å². The summed E-state index contributed by atoms with van der Waals surface area (Å²) in [4.78, 5) is 294. The summed E-state index contributed by atoms with van der Waals surface area (Å²) < 4.78 is 5.33. The Balaban J connectivity index is 1.11. The number of aliphatic carboxylic acids is 3. The van der Waals surface area contributed by atoms with Crippen LogP contribution in [0.2, 0.25) is 0 Å². The molecule has 3 saturated heterocycles. The number of carboxylic acid groups (broad SMARTS) is 3. The van der Waals surface area contributed by atoms with Gasteiger partial charge in [-0.25, -0.2) is 4.98 Å². The molecule has 3 fully saturated rings. The SMILES string of the molecule is CCCC[C@H]1C(=O)N(C)[C@@H](CCCC)C(=O)N[C@@H](CCC(=O)O)C(=O)N[C@H](C(=O)NCC(N)=O)CSCC(=O)N[C@@H](Cc2ccc(OC)cc2)C(=O)N(C)[C@@H](C)C(=O)N[C@@H](CC(=O)O)C(=O)N2CCCC2C(=O)N[C@@H](Cc2cnc[nH]2)C(=O)N[C@@H](CCCCN)C(=O)N2CCCC2C(=O)N[C@@H](Cc2c[nH]c3ccccc23)C(=O)N[C@@H](CC(=O)O)C(=O)N[C@@H](Cc2c[nH]c3ccccc23)C(=O)N1C. The Morgan fingerprint density at radius 2 is 0.993 bits per heavy atom. The highest BCUT2D eigenvalue weighted by molar-refractivity contribution is 8.00. The molecule has 3 aliphatic rings. The number of H-pyrrole nitrogens is 3. The monoisotopic (exact) mass is 1920 g/mol. The first-order chi connectivity index (χ1) is 65.4. The Bertz CT molecular complexity index is 5300. The number of nitrogens with zero attached hydrogens (tertiary/aromatic N) is 6. The summed E-state index contributed by atoms with van der Waals surface area (Å²) in [6.45, 7) is 4.00. The minimum absolute atomic E-state index is 0.00111. The van der Waals surface area contributed by atoms with Gasteiger partial charge in [-0.15, -0.1) is 11.8 Å². The molecule has 20 N–H and O–H groups in total. The Hall–Kier alpha value is -14.0. The Labute approximate surface area is 794 Å². The first-order valence-corrected chi connectivity index (χ1v) is 46.9. The quantitative estimate of drug-likeness (QED) is 0.0255. The molecule has 3 aromatic heterocycles. The van der Waals surface area contributed by atoms with Crippen molar-refractivity contribution in [2.75, 3.05) is 65.9 Å². The zero-order valence-electron chi connectivity index (χ0n) is 77.7. The van der Waals surface area contributed by atoms with Crippen molar-refractivity contribution >= 4 is 146 Å². The highest BCUT2D eigenvalue weighted by Gasteiger charge is 2.46. The molecule has 0 bridgehead atoms. The molecule has 3 aromatic carbocycles. The van der Waals surface area contributed by atoms with E-state index in [2.05, 4.69) is 73.1 Å². The lowest BCUT2D eigenvalue weighted by atomic mass is 9.99. The van der Waals surface area contributed by atoms with Crippen molar-refractivity contribution in [3.8, 4) is 5.75 Å². The molecule has 137 heavy (non-hydrogen) atoms. The van der Waals surface area contributed by atoms with Gasteiger partial charge in [-0.05, 0) is 119 Å². The molecule has 742 valence electrons. The molecular formula is C92H125N21O23S. The van der Waals surface area contributed by atoms with E-state index >= 15 is 38.4 Å². The van der Waals surface area contributed by atoms with E-state index in [0.717, 1.165) is 19.6 Å². The topological polar surface area (TPSA) is 643 Å². The Morgan fingerprint density at radius 3 is 1.55 bits per heavy atom. The number of para-hydroxylation sites is 2. The predicted molar refractivity (Wildman–Crippen MR) is 498 cm³/mol. The number of aromatic nitrogens is 4. The fraction of sp³-hybridized carbons (Fsp3) is 0.522. The van der Waals surface area contributed by atoms with E-state index in [1.807, 2.05) is 6.92 Å². The number of hydrogen-bond acceptors (Lipinski definition) is 23. The molecule has 0 spiro atoms. The number of carbonyl (C=O) groups is 19. The van der Waals surface area contributed by atoms with Gasteiger partial charge in [-0.3, -0.25) is 91.1 Å². The van der Waals surface area contributed by atoms with E-state index in [1.54, 1.807) is 92.1 Å². The number of carbonyl (C=O) groups excluding carboxylic acids is 16. The van der Waals surface area contributed by atoms with Crippen molar-refractivity contribution in [2.24, 2.45) is 11.5 Å². The molecule has 0 saturated carbocycles. The van der Waals surface area contributed by atoms with Crippen LogP contribution in [0.5, 0.6) is 5.75 Å². The average molecular weight is 1930 g/mol. The Kier molecular flexibility index (Phi) is 40.2. The van der Waals surface area contributed by atoms with Gasteiger partial charge in [0.2, 0.25) is 94.5 Å². The van der Waals surface area contributed by atoms with Crippen LogP contribution < -0.4 is 69.4 Å². The van der Waals surface area contributed by atoms with Gasteiger partial charge in [-0.2, -0.15) is 0 Å². The number of rotatable bonds is 29. The van der Waals surface area contributed by atoms with Gasteiger partial charge in [-0.1, -0.05) is 88.1 Å². The van der Waals surface area contributed by atoms with E-state index in [0.29, 0.717) is 81.0 Å². The summed E-state index contributed by atoms with van der Waals surface area (Å²) in [6, 6.07) is -2.42. The molecule has 2 unspecified atom stereocenters. The second-order valence-corrected chi connectivity index (χ2v) is 35.4. The van der Waals surface area contributed by atoms with Gasteiger partial charge in [0.05, 0.1) is 38.6 Å². The second kappa shape index (κ2) is 51.6. The lowest BCUT2D eigenvalue weighted by Gasteiger charge is -2.36. The smallest absolute Gasteiger partial charge is 0.305 e. The van der Waals surface area contributed by atoms with Crippen molar-refractivity contribution in [3.05, 3.63) is 120 Å². The number of benzene rings is 3. The zero-order chi connectivity index (χ0) is 99.9. The molecule has 6 heterocycles. The van der Waals surface area contributed by atoms with Gasteiger partial charge in [0.1, 0.15) is 90.3 Å². The average Bonchev–Trinajstić information content (AvgIpc) is 1.60. The fourth-order valence-corrected chi connectivity index (χ4v) is 17.7. The highest BCUT2D eigenvalue weighted by Crippen LogP contribution is 2.28. The minimum atomic E-state index is -2.04. The molecule has 14 atom stereocenters. The lowest BCUT2D eigenvalue weighted by Crippen LogP contribution is -2.61. The molecule has 16 amide bonds. The van der Waals surface area contributed by atoms with Gasteiger partial charge in [0.15, 0.2) is 0 Å². The standard InChI is InChI=1S/C92H125N21O23S/c1-8-10-25-70-85(128)101-61(33-34-76(116)117)81(124)108-69(80(123)98-47-74(94)114)48-137-49-75(115)100-66(38-52-29-31-56(136-7)32-30-52)88(131)109(4)51(3)79(122)106-68(43-78(120)121)91(134)113-37-19-28-72(113)87(130)105-64(41-55-46-95-50-99-55)83(126)102-62(24-16-17-35-93)90(133)112-36-18-27-71(112)86(129)104-63(39-53-44-96-59-22-14-12-20-57(53)59)82(125)103-65(42-77(118)119)84(127)107-67(40-54-45-97-60-23-15-13-21-58(54)60)89(132)111(6)73(26-11-9-2)92(135)110(70)5/h12-15,20-23,29-32,44-46,50-51,61-73,96-97H,8-11,16-19,24-28,33-43,47-49,93H2,1-7H3,(H2,94,114)(H,95,99)(H,98,123)(H,100,115)(H,101,128)(H,102,126)(H,103,125)(H,104,129)(H,105,130)(H,106,122)(H,107,127)(H,108,124)(H,116,117)(H,118,119)(H,120,121)/t51-,61-,62-,63-,64-,65-,66-,67-,68-,69-,70-,71?,72?,73-/m0/s1. The number of nitrogens with two attached hydrogens (primary N) is 2. The van der Waals surface area contributed by atoms with E-state index in [-0.39, 0.29) is 110 Å². The summed E-state index contributed by atoms with van der Waals surface area (Å²) in [7, 11) is 5.18. The third kappa shape index (κ3) is 30.0. The maximum absolute atomic E-state index is 15.8. The summed E-state index contributed by atoms with van der Waals surface area (Å²) >= 11 is 0.710. The van der Waals surface area contributed by atoms with Crippen molar-refractivity contribution in [1.82, 2.24) is 97.6 Å². The van der Waals surface area contributed by atoms with Crippen LogP contribution in [0, 0.1) is 0 Å².